The highest BCUT2D eigenvalue weighted by molar-refractivity contribution is 5.93. The Morgan fingerprint density at radius 2 is 1.09 bits per heavy atom. The molecule has 0 spiro atoms. The lowest BCUT2D eigenvalue weighted by molar-refractivity contribution is -0.149. The lowest BCUT2D eigenvalue weighted by atomic mass is 9.95. The van der Waals surface area contributed by atoms with Gasteiger partial charge in [-0.1, -0.05) is 133 Å². The third-order valence-corrected chi connectivity index (χ3v) is 11.0. The first-order chi connectivity index (χ1) is 32.7. The van der Waals surface area contributed by atoms with Gasteiger partial charge in [-0.2, -0.15) is 0 Å². The number of carbonyl (C=O) groups excluding carboxylic acids is 5. The normalized spacial score (nSPS) is 15.9. The molecule has 14 heteroatoms. The maximum atomic E-state index is 15.8. The van der Waals surface area contributed by atoms with Crippen molar-refractivity contribution in [1.82, 2.24) is 21.3 Å². The smallest absolute Gasteiger partial charge is 0.408 e. The summed E-state index contributed by atoms with van der Waals surface area (Å²) in [4.78, 5) is 69.0. The standard InChI is InChI=1S/C53H51FN4O9/c54-44-25-23-40-28-42(44)30-47(51(61)65-33-37-16-7-2-8-17-37)57-49(59)45(22-13-27-55-52(62)66-34-38-18-9-3-10-19-38)56-50(60)46(58-53(63)67-35-39-20-11-4-12-21-39)31-43-29-41(40)24-26-48(43)64-32-36-14-5-1-6-15-36/h1-12,14-21,23-26,28-29,45-47H,13,22,27,30-35H2,(H,55,62)(H,56,60)(H,57,59)(H,58,63)/t45-,46?,47?/m0/s1. The molecule has 4 bridgehead atoms. The van der Waals surface area contributed by atoms with E-state index in [1.54, 1.807) is 78.9 Å². The van der Waals surface area contributed by atoms with Gasteiger partial charge in [0, 0.05) is 19.4 Å². The zero-order valence-corrected chi connectivity index (χ0v) is 36.7. The van der Waals surface area contributed by atoms with Crippen molar-refractivity contribution >= 4 is 30.0 Å². The first-order valence-electron chi connectivity index (χ1n) is 22.0. The van der Waals surface area contributed by atoms with Crippen molar-refractivity contribution < 1.29 is 47.3 Å². The van der Waals surface area contributed by atoms with E-state index in [2.05, 4.69) is 21.3 Å². The third kappa shape index (κ3) is 14.2. The fourth-order valence-corrected chi connectivity index (χ4v) is 7.37. The molecule has 3 atom stereocenters. The van der Waals surface area contributed by atoms with E-state index in [1.165, 1.54) is 6.07 Å². The van der Waals surface area contributed by atoms with E-state index in [0.29, 0.717) is 28.0 Å². The molecule has 0 radical (unpaired) electrons. The first-order valence-corrected chi connectivity index (χ1v) is 22.0. The van der Waals surface area contributed by atoms with Crippen LogP contribution in [0.2, 0.25) is 0 Å². The van der Waals surface area contributed by atoms with Gasteiger partial charge < -0.3 is 40.2 Å². The van der Waals surface area contributed by atoms with E-state index < -0.39 is 53.9 Å². The topological polar surface area (TPSA) is 170 Å². The molecular weight excluding hydrogens is 856 g/mol. The number of nitrogens with one attached hydrogen (secondary N) is 4. The molecule has 344 valence electrons. The van der Waals surface area contributed by atoms with Crippen LogP contribution in [0.1, 0.15) is 46.2 Å². The van der Waals surface area contributed by atoms with E-state index in [9.17, 15) is 24.0 Å². The number of alkyl carbamates (subject to hydrolysis) is 2. The summed E-state index contributed by atoms with van der Waals surface area (Å²) < 4.78 is 38.7. The van der Waals surface area contributed by atoms with Crippen molar-refractivity contribution in [2.45, 2.75) is 70.2 Å². The molecule has 13 nitrogen and oxygen atoms in total. The molecule has 0 saturated carbocycles. The van der Waals surface area contributed by atoms with Crippen LogP contribution in [-0.4, -0.2) is 54.6 Å². The van der Waals surface area contributed by atoms with Gasteiger partial charge in [0.05, 0.1) is 0 Å². The number of ether oxygens (including phenoxy) is 4. The third-order valence-electron chi connectivity index (χ3n) is 11.0. The summed E-state index contributed by atoms with van der Waals surface area (Å²) >= 11 is 0. The van der Waals surface area contributed by atoms with Crippen molar-refractivity contribution in [3.05, 3.63) is 197 Å². The molecule has 1 aliphatic heterocycles. The fraction of sp³-hybridized carbons (Fsp3) is 0.226. The number of rotatable bonds is 15. The molecule has 4 N–H and O–H groups in total. The van der Waals surface area contributed by atoms with Gasteiger partial charge in [-0.05, 0) is 81.6 Å². The highest BCUT2D eigenvalue weighted by Gasteiger charge is 2.32. The number of esters is 1. The highest BCUT2D eigenvalue weighted by atomic mass is 19.1. The van der Waals surface area contributed by atoms with Gasteiger partial charge in [0.15, 0.2) is 0 Å². The van der Waals surface area contributed by atoms with Crippen LogP contribution in [-0.2, 0) is 67.9 Å². The predicted molar refractivity (Wildman–Crippen MR) is 248 cm³/mol. The van der Waals surface area contributed by atoms with Crippen molar-refractivity contribution in [3.8, 4) is 16.9 Å². The Morgan fingerprint density at radius 1 is 0.567 bits per heavy atom. The number of amides is 4. The van der Waals surface area contributed by atoms with Gasteiger partial charge in [-0.15, -0.1) is 0 Å². The molecule has 0 fully saturated rings. The van der Waals surface area contributed by atoms with Gasteiger partial charge in [0.25, 0.3) is 0 Å². The Morgan fingerprint density at radius 3 is 1.69 bits per heavy atom. The zero-order chi connectivity index (χ0) is 46.8. The van der Waals surface area contributed by atoms with E-state index >= 15 is 4.39 Å². The minimum Gasteiger partial charge on any atom is -0.489 e. The lowest BCUT2D eigenvalue weighted by Gasteiger charge is -2.25. The maximum Gasteiger partial charge on any atom is 0.408 e. The molecule has 6 aromatic carbocycles. The fourth-order valence-electron chi connectivity index (χ4n) is 7.37. The van der Waals surface area contributed by atoms with Crippen LogP contribution >= 0.6 is 0 Å². The van der Waals surface area contributed by atoms with Crippen LogP contribution in [0.4, 0.5) is 14.0 Å². The molecule has 67 heavy (non-hydrogen) atoms. The number of fused-ring (bicyclic) bond motifs is 5. The maximum absolute atomic E-state index is 15.8. The Hall–Kier alpha value is -8.00. The Balaban J connectivity index is 1.20. The van der Waals surface area contributed by atoms with Crippen molar-refractivity contribution in [3.63, 3.8) is 0 Å². The SMILES string of the molecule is O=C(NCCC[C@@H]1NC(=O)C(NC(=O)OCc2ccccc2)Cc2cc(ccc2OCc2ccccc2)-c2ccc(F)c(c2)CC(C(=O)OCc2ccccc2)NC1=O)OCc1ccccc1. The molecule has 1 heterocycles. The van der Waals surface area contributed by atoms with Crippen molar-refractivity contribution in [1.29, 1.82) is 0 Å². The lowest BCUT2D eigenvalue weighted by Crippen LogP contribution is -2.56. The highest BCUT2D eigenvalue weighted by Crippen LogP contribution is 2.31. The van der Waals surface area contributed by atoms with E-state index in [1.807, 2.05) is 72.8 Å². The number of benzene rings is 6. The summed E-state index contributed by atoms with van der Waals surface area (Å²) in [6.07, 6.45) is -1.88. The van der Waals surface area contributed by atoms with Crippen molar-refractivity contribution in [2.24, 2.45) is 0 Å². The molecular formula is C53H51FN4O9. The Bertz CT molecular complexity index is 2600. The average Bonchev–Trinajstić information content (AvgIpc) is 3.36. The van der Waals surface area contributed by atoms with Crippen LogP contribution in [0.15, 0.2) is 158 Å². The van der Waals surface area contributed by atoms with Gasteiger partial charge in [-0.3, -0.25) is 9.59 Å². The van der Waals surface area contributed by atoms with Crippen LogP contribution in [0.3, 0.4) is 0 Å². The summed E-state index contributed by atoms with van der Waals surface area (Å²) in [5, 5.41) is 10.9. The second-order valence-electron chi connectivity index (χ2n) is 15.9. The second kappa shape index (κ2) is 23.8. The number of hydrogen-bond acceptors (Lipinski definition) is 9. The summed E-state index contributed by atoms with van der Waals surface area (Å²) in [5.41, 5.74) is 4.94. The van der Waals surface area contributed by atoms with Gasteiger partial charge in [0.1, 0.15) is 56.1 Å². The molecule has 2 unspecified atom stereocenters. The monoisotopic (exact) mass is 906 g/mol. The van der Waals surface area contributed by atoms with Crippen LogP contribution < -0.4 is 26.0 Å². The second-order valence-corrected chi connectivity index (χ2v) is 15.9. The van der Waals surface area contributed by atoms with Crippen LogP contribution in [0.5, 0.6) is 5.75 Å². The largest absolute Gasteiger partial charge is 0.489 e. The minimum absolute atomic E-state index is 0.0434. The van der Waals surface area contributed by atoms with E-state index in [0.717, 1.165) is 16.7 Å². The molecule has 7 rings (SSSR count). The number of hydrogen-bond donors (Lipinski definition) is 4. The summed E-state index contributed by atoms with van der Waals surface area (Å²) in [6.45, 7) is 0.0901. The van der Waals surface area contributed by atoms with Crippen LogP contribution in [0, 0.1) is 5.82 Å². The molecule has 0 saturated heterocycles. The molecule has 0 aromatic heterocycles. The van der Waals surface area contributed by atoms with E-state index in [4.69, 9.17) is 18.9 Å². The molecule has 1 aliphatic rings. The zero-order valence-electron chi connectivity index (χ0n) is 36.7. The average molecular weight is 907 g/mol. The summed E-state index contributed by atoms with van der Waals surface area (Å²) in [6, 6.07) is 42.4. The number of carbonyl (C=O) groups is 5. The minimum atomic E-state index is -1.40. The predicted octanol–water partition coefficient (Wildman–Crippen LogP) is 7.88. The Labute approximate surface area is 388 Å². The Kier molecular flexibility index (Phi) is 16.7. The summed E-state index contributed by atoms with van der Waals surface area (Å²) in [5.74, 6) is -2.57. The molecule has 6 aromatic rings. The quantitative estimate of drug-likeness (QED) is 0.0455. The van der Waals surface area contributed by atoms with Gasteiger partial charge in [-0.25, -0.2) is 18.8 Å². The number of halogens is 1. The van der Waals surface area contributed by atoms with Gasteiger partial charge >= 0.3 is 18.2 Å². The van der Waals surface area contributed by atoms with Crippen LogP contribution in [0.25, 0.3) is 11.1 Å². The first kappa shape index (κ1) is 47.0. The van der Waals surface area contributed by atoms with E-state index in [-0.39, 0.29) is 64.2 Å². The molecule has 4 amide bonds. The van der Waals surface area contributed by atoms with Gasteiger partial charge in [0.2, 0.25) is 11.8 Å². The summed E-state index contributed by atoms with van der Waals surface area (Å²) in [7, 11) is 0. The molecule has 0 aliphatic carbocycles. The van der Waals surface area contributed by atoms with Crippen molar-refractivity contribution in [2.75, 3.05) is 6.54 Å².